The molecule has 2 amide bonds. The fourth-order valence-electron chi connectivity index (χ4n) is 3.57. The second-order valence-corrected chi connectivity index (χ2v) is 7.77. The van der Waals surface area contributed by atoms with E-state index in [1.54, 1.807) is 18.7 Å². The van der Waals surface area contributed by atoms with E-state index in [0.717, 1.165) is 11.3 Å². The van der Waals surface area contributed by atoms with Crippen molar-refractivity contribution in [3.05, 3.63) is 60.2 Å². The Morgan fingerprint density at radius 1 is 1.07 bits per heavy atom. The van der Waals surface area contributed by atoms with Crippen molar-refractivity contribution in [2.24, 2.45) is 5.92 Å². The number of nitrogens with zero attached hydrogens (tertiary/aromatic N) is 1. The fourth-order valence-corrected chi connectivity index (χ4v) is 3.57. The van der Waals surface area contributed by atoms with Gasteiger partial charge in [-0.1, -0.05) is 56.3 Å². The third kappa shape index (κ3) is 3.74. The van der Waals surface area contributed by atoms with Crippen LogP contribution < -0.4 is 15.5 Å². The molecule has 3 rings (SSSR count). The third-order valence-electron chi connectivity index (χ3n) is 5.06. The molecule has 2 aromatic carbocycles. The van der Waals surface area contributed by atoms with Gasteiger partial charge in [0.2, 0.25) is 11.8 Å². The molecule has 2 N–H and O–H groups in total. The molecule has 0 saturated heterocycles. The summed E-state index contributed by atoms with van der Waals surface area (Å²) < 4.78 is 0. The first-order valence-electron chi connectivity index (χ1n) is 9.34. The van der Waals surface area contributed by atoms with Gasteiger partial charge in [0.15, 0.2) is 0 Å². The number of amides is 2. The van der Waals surface area contributed by atoms with E-state index in [1.807, 2.05) is 42.5 Å². The Kier molecular flexibility index (Phi) is 5.33. The summed E-state index contributed by atoms with van der Waals surface area (Å²) in [7, 11) is 0. The molecule has 1 heterocycles. The number of anilines is 2. The highest BCUT2D eigenvalue weighted by Crippen LogP contribution is 2.36. The molecule has 0 bridgehead atoms. The predicted octanol–water partition coefficient (Wildman–Crippen LogP) is 3.74. The first-order chi connectivity index (χ1) is 12.8. The average Bonchev–Trinajstić information content (AvgIpc) is 2.63. The van der Waals surface area contributed by atoms with Gasteiger partial charge < -0.3 is 10.6 Å². The number of fused-ring (bicyclic) bond motifs is 1. The Labute approximate surface area is 160 Å². The van der Waals surface area contributed by atoms with E-state index < -0.39 is 5.54 Å². The molecule has 0 aromatic heterocycles. The highest BCUT2D eigenvalue weighted by molar-refractivity contribution is 6.14. The summed E-state index contributed by atoms with van der Waals surface area (Å²) in [5.41, 5.74) is 1.59. The zero-order chi connectivity index (χ0) is 19.6. The van der Waals surface area contributed by atoms with Crippen molar-refractivity contribution in [2.75, 3.05) is 16.8 Å². The molecule has 0 unspecified atom stereocenters. The molecule has 1 atom stereocenters. The molecule has 142 valence electrons. The molecule has 1 aliphatic heterocycles. The molecule has 0 spiro atoms. The maximum absolute atomic E-state index is 13.2. The minimum atomic E-state index is -0.951. The van der Waals surface area contributed by atoms with Crippen LogP contribution in [0.5, 0.6) is 0 Å². The van der Waals surface area contributed by atoms with E-state index in [0.29, 0.717) is 11.6 Å². The summed E-state index contributed by atoms with van der Waals surface area (Å²) in [5, 5.41) is 6.28. The van der Waals surface area contributed by atoms with Crippen LogP contribution in [-0.2, 0) is 9.59 Å². The lowest BCUT2D eigenvalue weighted by Crippen LogP contribution is -2.60. The first-order valence-corrected chi connectivity index (χ1v) is 9.34. The summed E-state index contributed by atoms with van der Waals surface area (Å²) in [6.45, 7) is 7.95. The van der Waals surface area contributed by atoms with E-state index in [9.17, 15) is 9.59 Å². The largest absolute Gasteiger partial charge is 0.322 e. The number of carbonyl (C=O) groups excluding carboxylic acids is 2. The molecular formula is C22H27N3O2. The van der Waals surface area contributed by atoms with Gasteiger partial charge in [-0.2, -0.15) is 0 Å². The fraction of sp³-hybridized carbons (Fsp3) is 0.364. The van der Waals surface area contributed by atoms with Gasteiger partial charge in [-0.3, -0.25) is 14.5 Å². The average molecular weight is 365 g/mol. The molecule has 2 aromatic rings. The lowest BCUT2D eigenvalue weighted by molar-refractivity contribution is -0.126. The molecular weight excluding hydrogens is 338 g/mol. The molecule has 0 saturated carbocycles. The zero-order valence-corrected chi connectivity index (χ0v) is 16.3. The molecule has 0 radical (unpaired) electrons. The van der Waals surface area contributed by atoms with Crippen LogP contribution in [0, 0.1) is 5.92 Å². The molecule has 5 nitrogen and oxygen atoms in total. The SMILES string of the molecule is CC(C)[C@H](NCC(=O)N1c2ccccc2NC(=O)C1(C)C)c1ccccc1. The van der Waals surface area contributed by atoms with Crippen LogP contribution in [0.3, 0.4) is 0 Å². The van der Waals surface area contributed by atoms with Crippen LogP contribution in [0.15, 0.2) is 54.6 Å². The molecule has 5 heteroatoms. The highest BCUT2D eigenvalue weighted by Gasteiger charge is 2.43. The first kappa shape index (κ1) is 19.1. The Balaban J connectivity index is 1.83. The molecule has 0 fully saturated rings. The topological polar surface area (TPSA) is 61.4 Å². The van der Waals surface area contributed by atoms with E-state index in [-0.39, 0.29) is 24.4 Å². The lowest BCUT2D eigenvalue weighted by atomic mass is 9.95. The Morgan fingerprint density at radius 3 is 2.37 bits per heavy atom. The number of hydrogen-bond acceptors (Lipinski definition) is 3. The van der Waals surface area contributed by atoms with Crippen molar-refractivity contribution in [1.29, 1.82) is 0 Å². The number of nitrogens with one attached hydrogen (secondary N) is 2. The van der Waals surface area contributed by atoms with Crippen molar-refractivity contribution in [3.8, 4) is 0 Å². The second kappa shape index (κ2) is 7.53. The van der Waals surface area contributed by atoms with E-state index in [4.69, 9.17) is 0 Å². The van der Waals surface area contributed by atoms with Gasteiger partial charge in [0.05, 0.1) is 17.9 Å². The van der Waals surface area contributed by atoms with Gasteiger partial charge in [0, 0.05) is 6.04 Å². The number of hydrogen-bond donors (Lipinski definition) is 2. The van der Waals surface area contributed by atoms with Crippen LogP contribution in [-0.4, -0.2) is 23.9 Å². The van der Waals surface area contributed by atoms with Crippen LogP contribution >= 0.6 is 0 Å². The maximum Gasteiger partial charge on any atom is 0.250 e. The monoisotopic (exact) mass is 365 g/mol. The summed E-state index contributed by atoms with van der Waals surface area (Å²) in [5.74, 6) is 0.0204. The van der Waals surface area contributed by atoms with Crippen molar-refractivity contribution in [1.82, 2.24) is 5.32 Å². The van der Waals surface area contributed by atoms with E-state index >= 15 is 0 Å². The summed E-state index contributed by atoms with van der Waals surface area (Å²) in [4.78, 5) is 27.3. The molecule has 0 aliphatic carbocycles. The number of para-hydroxylation sites is 2. The quantitative estimate of drug-likeness (QED) is 0.849. The minimum Gasteiger partial charge on any atom is -0.322 e. The van der Waals surface area contributed by atoms with Gasteiger partial charge in [0.25, 0.3) is 0 Å². The summed E-state index contributed by atoms with van der Waals surface area (Å²) >= 11 is 0. The van der Waals surface area contributed by atoms with Gasteiger partial charge >= 0.3 is 0 Å². The number of rotatable bonds is 5. The van der Waals surface area contributed by atoms with Crippen LogP contribution in [0.25, 0.3) is 0 Å². The van der Waals surface area contributed by atoms with Gasteiger partial charge in [0.1, 0.15) is 5.54 Å². The smallest absolute Gasteiger partial charge is 0.250 e. The Morgan fingerprint density at radius 2 is 1.70 bits per heavy atom. The van der Waals surface area contributed by atoms with Crippen molar-refractivity contribution >= 4 is 23.2 Å². The van der Waals surface area contributed by atoms with E-state index in [2.05, 4.69) is 36.6 Å². The minimum absolute atomic E-state index is 0.0622. The van der Waals surface area contributed by atoms with Crippen molar-refractivity contribution in [2.45, 2.75) is 39.3 Å². The van der Waals surface area contributed by atoms with Crippen LogP contribution in [0.4, 0.5) is 11.4 Å². The standard InChI is InChI=1S/C22H27N3O2/c1-15(2)20(16-10-6-5-7-11-16)23-14-19(26)25-18-13-9-8-12-17(18)24-21(27)22(25,3)4/h5-13,15,20,23H,14H2,1-4H3,(H,24,27)/t20-/m0/s1. The highest BCUT2D eigenvalue weighted by atomic mass is 16.2. The van der Waals surface area contributed by atoms with Crippen molar-refractivity contribution in [3.63, 3.8) is 0 Å². The number of benzene rings is 2. The van der Waals surface area contributed by atoms with Gasteiger partial charge in [-0.15, -0.1) is 0 Å². The Bertz CT molecular complexity index is 830. The summed E-state index contributed by atoms with van der Waals surface area (Å²) in [6, 6.07) is 17.6. The lowest BCUT2D eigenvalue weighted by Gasteiger charge is -2.42. The third-order valence-corrected chi connectivity index (χ3v) is 5.06. The molecule has 27 heavy (non-hydrogen) atoms. The summed E-state index contributed by atoms with van der Waals surface area (Å²) in [6.07, 6.45) is 0. The Hall–Kier alpha value is -2.66. The normalized spacial score (nSPS) is 16.6. The molecule has 1 aliphatic rings. The predicted molar refractivity (Wildman–Crippen MR) is 109 cm³/mol. The van der Waals surface area contributed by atoms with Gasteiger partial charge in [-0.05, 0) is 37.5 Å². The van der Waals surface area contributed by atoms with Crippen molar-refractivity contribution < 1.29 is 9.59 Å². The second-order valence-electron chi connectivity index (χ2n) is 7.77. The van der Waals surface area contributed by atoms with Gasteiger partial charge in [-0.25, -0.2) is 0 Å². The maximum atomic E-state index is 13.2. The van der Waals surface area contributed by atoms with E-state index in [1.165, 1.54) is 0 Å². The zero-order valence-electron chi connectivity index (χ0n) is 16.3. The van der Waals surface area contributed by atoms with Crippen LogP contribution in [0.1, 0.15) is 39.3 Å². The van der Waals surface area contributed by atoms with Crippen LogP contribution in [0.2, 0.25) is 0 Å². The number of carbonyl (C=O) groups is 2.